The molecule has 3 unspecified atom stereocenters. The third-order valence-electron chi connectivity index (χ3n) is 7.38. The molecule has 4 nitrogen and oxygen atoms in total. The topological polar surface area (TPSA) is 60.4 Å². The van der Waals surface area contributed by atoms with Gasteiger partial charge in [-0.2, -0.15) is 0 Å². The Bertz CT molecular complexity index is 1030. The lowest BCUT2D eigenvalue weighted by atomic mass is 9.72. The minimum Gasteiger partial charge on any atom is -0.489 e. The van der Waals surface area contributed by atoms with Crippen molar-refractivity contribution in [1.82, 2.24) is 0 Å². The van der Waals surface area contributed by atoms with Crippen molar-refractivity contribution in [3.8, 4) is 0 Å². The number of ether oxygens (including phenoxy) is 1. The zero-order chi connectivity index (χ0) is 25.4. The van der Waals surface area contributed by atoms with E-state index in [0.717, 1.165) is 66.5 Å². The van der Waals surface area contributed by atoms with Crippen LogP contribution in [0.25, 0.3) is 5.76 Å². The Kier molecular flexibility index (Phi) is 9.83. The summed E-state index contributed by atoms with van der Waals surface area (Å²) in [6.07, 6.45) is 15.9. The highest BCUT2D eigenvalue weighted by Gasteiger charge is 2.33. The Morgan fingerprint density at radius 1 is 1.11 bits per heavy atom. The molecule has 3 atom stereocenters. The van der Waals surface area contributed by atoms with Crippen LogP contribution in [0.5, 0.6) is 0 Å². The van der Waals surface area contributed by atoms with Gasteiger partial charge in [0.25, 0.3) is 0 Å². The molecule has 188 valence electrons. The minimum absolute atomic E-state index is 0.0244. The molecule has 0 fully saturated rings. The zero-order valence-corrected chi connectivity index (χ0v) is 21.8. The Morgan fingerprint density at radius 2 is 1.89 bits per heavy atom. The van der Waals surface area contributed by atoms with Gasteiger partial charge in [0.1, 0.15) is 23.9 Å². The molecule has 0 aromatic heterocycles. The van der Waals surface area contributed by atoms with Crippen LogP contribution in [-0.2, 0) is 20.7 Å². The maximum Gasteiger partial charge on any atom is 0.163 e. The van der Waals surface area contributed by atoms with Crippen LogP contribution in [0.3, 0.4) is 0 Å². The molecule has 1 aromatic rings. The first-order valence-corrected chi connectivity index (χ1v) is 13.2. The first-order valence-electron chi connectivity index (χ1n) is 13.2. The van der Waals surface area contributed by atoms with E-state index in [2.05, 4.69) is 31.2 Å². The van der Waals surface area contributed by atoms with Gasteiger partial charge in [0, 0.05) is 23.5 Å². The fourth-order valence-corrected chi connectivity index (χ4v) is 5.84. The summed E-state index contributed by atoms with van der Waals surface area (Å²) >= 11 is 0. The third kappa shape index (κ3) is 6.90. The zero-order valence-electron chi connectivity index (χ0n) is 21.8. The van der Waals surface area contributed by atoms with Gasteiger partial charge in [-0.1, -0.05) is 57.0 Å². The lowest BCUT2D eigenvalue weighted by molar-refractivity contribution is -0.129. The van der Waals surface area contributed by atoms with Gasteiger partial charge in [0.05, 0.1) is 6.42 Å². The largest absolute Gasteiger partial charge is 0.489 e. The summed E-state index contributed by atoms with van der Waals surface area (Å²) in [6.45, 7) is 8.20. The van der Waals surface area contributed by atoms with Crippen LogP contribution >= 0.6 is 0 Å². The molecule has 4 heteroatoms. The number of allylic oxidation sites excluding steroid dienone is 4. The van der Waals surface area contributed by atoms with Crippen LogP contribution in [-0.4, -0.2) is 24.0 Å². The number of hydrogen-bond acceptors (Lipinski definition) is 4. The number of ketones is 3. The normalized spacial score (nSPS) is 19.5. The Morgan fingerprint density at radius 3 is 2.60 bits per heavy atom. The van der Waals surface area contributed by atoms with Crippen molar-refractivity contribution in [2.24, 2.45) is 17.8 Å². The van der Waals surface area contributed by atoms with Gasteiger partial charge in [-0.3, -0.25) is 14.4 Å². The van der Waals surface area contributed by atoms with Crippen molar-refractivity contribution >= 4 is 23.1 Å². The van der Waals surface area contributed by atoms with Gasteiger partial charge in [-0.25, -0.2) is 0 Å². The summed E-state index contributed by atoms with van der Waals surface area (Å²) in [5, 5.41) is 0. The van der Waals surface area contributed by atoms with Crippen molar-refractivity contribution in [1.29, 1.82) is 0 Å². The maximum atomic E-state index is 13.4. The van der Waals surface area contributed by atoms with Crippen molar-refractivity contribution < 1.29 is 19.1 Å². The van der Waals surface area contributed by atoms with Crippen LogP contribution in [0.2, 0.25) is 0 Å². The van der Waals surface area contributed by atoms with Crippen molar-refractivity contribution in [2.45, 2.75) is 79.1 Å². The molecule has 1 heterocycles. The highest BCUT2D eigenvalue weighted by atomic mass is 16.5. The smallest absolute Gasteiger partial charge is 0.163 e. The number of Topliss-reactive ketones (excluding diaryl/α,β-unsaturated/α-hetero) is 3. The second-order valence-corrected chi connectivity index (χ2v) is 10.1. The first-order chi connectivity index (χ1) is 16.8. The summed E-state index contributed by atoms with van der Waals surface area (Å²) in [7, 11) is 0. The molecule has 3 rings (SSSR count). The van der Waals surface area contributed by atoms with Gasteiger partial charge < -0.3 is 4.74 Å². The van der Waals surface area contributed by atoms with E-state index in [9.17, 15) is 14.4 Å². The number of fused-ring (bicyclic) bond motifs is 1. The molecule has 0 saturated heterocycles. The highest BCUT2D eigenvalue weighted by molar-refractivity contribution is 6.01. The molecule has 35 heavy (non-hydrogen) atoms. The Hall–Kier alpha value is -2.75. The molecule has 0 amide bonds. The van der Waals surface area contributed by atoms with Crippen LogP contribution in [0.15, 0.2) is 42.5 Å². The summed E-state index contributed by atoms with van der Waals surface area (Å²) in [5.74, 6) is 1.36. The van der Waals surface area contributed by atoms with E-state index >= 15 is 0 Å². The van der Waals surface area contributed by atoms with Gasteiger partial charge in [0.15, 0.2) is 5.78 Å². The third-order valence-corrected chi connectivity index (χ3v) is 7.38. The van der Waals surface area contributed by atoms with E-state index in [1.165, 1.54) is 6.92 Å². The Balaban J connectivity index is 1.81. The lowest BCUT2D eigenvalue weighted by Crippen LogP contribution is -2.30. The molecule has 0 N–H and O–H groups in total. The van der Waals surface area contributed by atoms with Gasteiger partial charge in [0.2, 0.25) is 0 Å². The molecular formula is C31H40O4. The predicted octanol–water partition coefficient (Wildman–Crippen LogP) is 6.99. The molecule has 2 aliphatic rings. The second-order valence-electron chi connectivity index (χ2n) is 10.1. The second kappa shape index (κ2) is 12.8. The van der Waals surface area contributed by atoms with E-state index in [0.29, 0.717) is 13.0 Å². The van der Waals surface area contributed by atoms with E-state index < -0.39 is 0 Å². The molecule has 0 spiro atoms. The van der Waals surface area contributed by atoms with E-state index in [1.54, 1.807) is 0 Å². The van der Waals surface area contributed by atoms with Crippen LogP contribution < -0.4 is 0 Å². The summed E-state index contributed by atoms with van der Waals surface area (Å²) in [4.78, 5) is 37.8. The van der Waals surface area contributed by atoms with Gasteiger partial charge in [-0.05, 0) is 74.6 Å². The standard InChI is InChI=1S/C31H40O4/c1-5-12-24(26(6-2)28(33)17-21(3)32)18-23-19-25-14-15-27(22(4)31(25)29(34)20-23)30-13-10-8-7-9-11-16-35-30/h7-9,11,13-15,23-24,26H,5-6,10,12,16-20H2,1-4H3. The average molecular weight is 477 g/mol. The monoisotopic (exact) mass is 476 g/mol. The number of carbonyl (C=O) groups is 3. The maximum absolute atomic E-state index is 13.4. The van der Waals surface area contributed by atoms with E-state index in [1.807, 2.05) is 32.1 Å². The van der Waals surface area contributed by atoms with Crippen molar-refractivity contribution in [3.63, 3.8) is 0 Å². The van der Waals surface area contributed by atoms with Crippen LogP contribution in [0.4, 0.5) is 0 Å². The lowest BCUT2D eigenvalue weighted by Gasteiger charge is -2.32. The molecule has 1 aliphatic carbocycles. The van der Waals surface area contributed by atoms with Crippen molar-refractivity contribution in [2.75, 3.05) is 6.61 Å². The fraction of sp³-hybridized carbons (Fsp3) is 0.516. The molecule has 1 aliphatic heterocycles. The first kappa shape index (κ1) is 26.8. The number of carbonyl (C=O) groups excluding carboxylic acids is 3. The minimum atomic E-state index is -0.102. The average Bonchev–Trinajstić information content (AvgIpc) is 2.93. The SMILES string of the molecule is CCCC(CC1CC(=O)c2c(ccc(C3=CCC=CC=CCO3)c2C)C1)C(CC)C(=O)CC(C)=O. The molecular weight excluding hydrogens is 436 g/mol. The summed E-state index contributed by atoms with van der Waals surface area (Å²) < 4.78 is 6.01. The number of rotatable bonds is 10. The quantitative estimate of drug-likeness (QED) is 0.341. The van der Waals surface area contributed by atoms with E-state index in [4.69, 9.17) is 4.74 Å². The summed E-state index contributed by atoms with van der Waals surface area (Å²) in [6, 6.07) is 4.19. The molecule has 0 bridgehead atoms. The summed E-state index contributed by atoms with van der Waals surface area (Å²) in [5.41, 5.74) is 3.94. The number of hydrogen-bond donors (Lipinski definition) is 0. The van der Waals surface area contributed by atoms with Crippen LogP contribution in [0.1, 0.15) is 92.8 Å². The molecule has 1 aromatic carbocycles. The number of benzene rings is 1. The fourth-order valence-electron chi connectivity index (χ4n) is 5.84. The molecule has 0 saturated carbocycles. The predicted molar refractivity (Wildman–Crippen MR) is 141 cm³/mol. The van der Waals surface area contributed by atoms with E-state index in [-0.39, 0.29) is 41.5 Å². The van der Waals surface area contributed by atoms with Crippen LogP contribution in [0, 0.1) is 24.7 Å². The Labute approximate surface area is 210 Å². The van der Waals surface area contributed by atoms with Crippen molar-refractivity contribution in [3.05, 3.63) is 64.8 Å². The van der Waals surface area contributed by atoms with Gasteiger partial charge in [-0.15, -0.1) is 0 Å². The van der Waals surface area contributed by atoms with Gasteiger partial charge >= 0.3 is 0 Å². The molecule has 0 radical (unpaired) electrons. The highest BCUT2D eigenvalue weighted by Crippen LogP contribution is 2.38.